The van der Waals surface area contributed by atoms with Crippen LogP contribution in [-0.4, -0.2) is 41.6 Å². The van der Waals surface area contributed by atoms with Crippen molar-refractivity contribution in [2.75, 3.05) is 7.11 Å². The summed E-state index contributed by atoms with van der Waals surface area (Å²) in [4.78, 5) is 20.2. The molecule has 10 heteroatoms. The third-order valence-electron chi connectivity index (χ3n) is 4.99. The number of ether oxygens (including phenoxy) is 1. The fourth-order valence-corrected chi connectivity index (χ4v) is 4.33. The van der Waals surface area contributed by atoms with Crippen LogP contribution < -0.4 is 10.3 Å². The van der Waals surface area contributed by atoms with Gasteiger partial charge in [-0.25, -0.2) is 9.67 Å². The summed E-state index contributed by atoms with van der Waals surface area (Å²) < 4.78 is 9.09. The van der Waals surface area contributed by atoms with Crippen molar-refractivity contribution in [1.82, 2.24) is 34.5 Å². The zero-order valence-corrected chi connectivity index (χ0v) is 18.2. The minimum Gasteiger partial charge on any atom is -0.496 e. The maximum Gasteiger partial charge on any atom is 0.262 e. The van der Waals surface area contributed by atoms with Crippen molar-refractivity contribution >= 4 is 22.8 Å². The molecule has 3 aromatic heterocycles. The summed E-state index contributed by atoms with van der Waals surface area (Å²) in [5.74, 6) is 1.40. The monoisotopic (exact) mass is 445 g/mol. The van der Waals surface area contributed by atoms with Crippen LogP contribution in [0.4, 0.5) is 0 Å². The zero-order chi connectivity index (χ0) is 22.1. The van der Waals surface area contributed by atoms with E-state index in [2.05, 4.69) is 25.3 Å². The Morgan fingerprint density at radius 2 is 1.84 bits per heavy atom. The van der Waals surface area contributed by atoms with Crippen LogP contribution in [0.25, 0.3) is 28.1 Å². The zero-order valence-electron chi connectivity index (χ0n) is 17.4. The first-order valence-corrected chi connectivity index (χ1v) is 10.8. The van der Waals surface area contributed by atoms with Crippen molar-refractivity contribution in [2.45, 2.75) is 23.8 Å². The molecule has 160 valence electrons. The fraction of sp³-hybridized carbons (Fsp3) is 0.136. The average Bonchev–Trinajstić information content (AvgIpc) is 3.44. The van der Waals surface area contributed by atoms with Crippen LogP contribution in [0, 0.1) is 0 Å². The van der Waals surface area contributed by atoms with Gasteiger partial charge >= 0.3 is 0 Å². The average molecular weight is 446 g/mol. The first kappa shape index (κ1) is 20.0. The SMILES string of the molecule is CCn1c(Sc2nc3c(cnn3-c3ccccc3)c(=O)[nH]2)nnc1-c1ccccc1OC. The molecule has 0 radical (unpaired) electrons. The van der Waals surface area contributed by atoms with Crippen LogP contribution in [0.3, 0.4) is 0 Å². The molecule has 32 heavy (non-hydrogen) atoms. The van der Waals surface area contributed by atoms with Crippen molar-refractivity contribution in [1.29, 1.82) is 0 Å². The van der Waals surface area contributed by atoms with E-state index in [-0.39, 0.29) is 5.56 Å². The highest BCUT2D eigenvalue weighted by atomic mass is 32.2. The molecule has 3 heterocycles. The van der Waals surface area contributed by atoms with Gasteiger partial charge in [0.1, 0.15) is 11.1 Å². The van der Waals surface area contributed by atoms with Gasteiger partial charge in [-0.3, -0.25) is 4.79 Å². The second-order valence-corrected chi connectivity index (χ2v) is 7.81. The number of para-hydroxylation sites is 2. The minimum absolute atomic E-state index is 0.257. The maximum atomic E-state index is 12.7. The van der Waals surface area contributed by atoms with Crippen molar-refractivity contribution < 1.29 is 4.74 Å². The van der Waals surface area contributed by atoms with Crippen LogP contribution >= 0.6 is 11.8 Å². The molecule has 0 bridgehead atoms. The number of fused-ring (bicyclic) bond motifs is 1. The van der Waals surface area contributed by atoms with Gasteiger partial charge in [0.05, 0.1) is 24.6 Å². The van der Waals surface area contributed by atoms with E-state index >= 15 is 0 Å². The number of hydrogen-bond acceptors (Lipinski definition) is 7. The quantitative estimate of drug-likeness (QED) is 0.399. The van der Waals surface area contributed by atoms with E-state index in [1.807, 2.05) is 66.1 Å². The Hall–Kier alpha value is -3.92. The number of rotatable bonds is 6. The van der Waals surface area contributed by atoms with Gasteiger partial charge < -0.3 is 14.3 Å². The summed E-state index contributed by atoms with van der Waals surface area (Å²) in [6.07, 6.45) is 1.52. The lowest BCUT2D eigenvalue weighted by molar-refractivity contribution is 0.416. The number of methoxy groups -OCH3 is 1. The first-order chi connectivity index (χ1) is 15.7. The molecule has 0 saturated heterocycles. The number of benzene rings is 2. The molecule has 0 saturated carbocycles. The van der Waals surface area contributed by atoms with Gasteiger partial charge in [-0.15, -0.1) is 10.2 Å². The second kappa shape index (κ2) is 8.31. The van der Waals surface area contributed by atoms with Crippen LogP contribution in [-0.2, 0) is 6.54 Å². The molecule has 0 aliphatic carbocycles. The largest absolute Gasteiger partial charge is 0.496 e. The topological polar surface area (TPSA) is 104 Å². The molecular weight excluding hydrogens is 426 g/mol. The minimum atomic E-state index is -0.257. The first-order valence-electron chi connectivity index (χ1n) is 9.97. The highest BCUT2D eigenvalue weighted by Crippen LogP contribution is 2.32. The van der Waals surface area contributed by atoms with Crippen molar-refractivity contribution in [3.8, 4) is 22.8 Å². The number of H-pyrrole nitrogens is 1. The third-order valence-corrected chi connectivity index (χ3v) is 5.86. The lowest BCUT2D eigenvalue weighted by atomic mass is 10.2. The van der Waals surface area contributed by atoms with Crippen molar-refractivity contribution in [3.63, 3.8) is 0 Å². The molecule has 0 unspecified atom stereocenters. The predicted octanol–water partition coefficient (Wildman–Crippen LogP) is 3.55. The maximum absolute atomic E-state index is 12.7. The Morgan fingerprint density at radius 1 is 1.06 bits per heavy atom. The molecule has 5 rings (SSSR count). The Labute approximate surface area is 187 Å². The van der Waals surface area contributed by atoms with Gasteiger partial charge in [0.2, 0.25) is 0 Å². The fourth-order valence-electron chi connectivity index (χ4n) is 3.47. The highest BCUT2D eigenvalue weighted by molar-refractivity contribution is 7.99. The Morgan fingerprint density at radius 3 is 2.62 bits per heavy atom. The van der Waals surface area contributed by atoms with Gasteiger partial charge in [0.25, 0.3) is 5.56 Å². The van der Waals surface area contributed by atoms with Crippen LogP contribution in [0.15, 0.2) is 75.9 Å². The van der Waals surface area contributed by atoms with Gasteiger partial charge in [-0.05, 0) is 43.0 Å². The smallest absolute Gasteiger partial charge is 0.262 e. The van der Waals surface area contributed by atoms with E-state index in [4.69, 9.17) is 4.74 Å². The summed E-state index contributed by atoms with van der Waals surface area (Å²) >= 11 is 1.24. The summed E-state index contributed by atoms with van der Waals surface area (Å²) in [5.41, 5.74) is 1.89. The highest BCUT2D eigenvalue weighted by Gasteiger charge is 2.19. The molecule has 0 aliphatic rings. The van der Waals surface area contributed by atoms with Crippen molar-refractivity contribution in [3.05, 3.63) is 71.1 Å². The lowest BCUT2D eigenvalue weighted by Crippen LogP contribution is -2.10. The molecule has 0 atom stereocenters. The second-order valence-electron chi connectivity index (χ2n) is 6.85. The van der Waals surface area contributed by atoms with Crippen LogP contribution in [0.1, 0.15) is 6.92 Å². The Bertz CT molecular complexity index is 1460. The normalized spacial score (nSPS) is 11.2. The molecule has 9 nitrogen and oxygen atoms in total. The molecule has 0 aliphatic heterocycles. The summed E-state index contributed by atoms with van der Waals surface area (Å²) in [6, 6.07) is 17.2. The number of aromatic nitrogens is 7. The van der Waals surface area contributed by atoms with E-state index in [0.717, 1.165) is 11.3 Å². The van der Waals surface area contributed by atoms with Gasteiger partial charge in [0.15, 0.2) is 21.8 Å². The number of hydrogen-bond donors (Lipinski definition) is 1. The van der Waals surface area contributed by atoms with E-state index in [9.17, 15) is 4.79 Å². The number of nitrogens with zero attached hydrogens (tertiary/aromatic N) is 6. The molecule has 0 fully saturated rings. The van der Waals surface area contributed by atoms with Gasteiger partial charge in [-0.2, -0.15) is 5.10 Å². The van der Waals surface area contributed by atoms with Gasteiger partial charge in [-0.1, -0.05) is 30.3 Å². The Balaban J connectivity index is 1.57. The molecule has 2 aromatic carbocycles. The predicted molar refractivity (Wildman–Crippen MR) is 121 cm³/mol. The lowest BCUT2D eigenvalue weighted by Gasteiger charge is -2.10. The van der Waals surface area contributed by atoms with E-state index in [0.29, 0.717) is 39.5 Å². The van der Waals surface area contributed by atoms with E-state index in [1.165, 1.54) is 18.0 Å². The number of nitrogens with one attached hydrogen (secondary N) is 1. The van der Waals surface area contributed by atoms with E-state index < -0.39 is 0 Å². The van der Waals surface area contributed by atoms with Crippen molar-refractivity contribution in [2.24, 2.45) is 0 Å². The standard InChI is InChI=1S/C22H19N7O2S/c1-3-28-19(15-11-7-8-12-17(15)31-2)26-27-22(28)32-21-24-18-16(20(30)25-21)13-23-29(18)14-9-5-4-6-10-14/h4-13H,3H2,1-2H3,(H,24,25,30). The molecule has 5 aromatic rings. The summed E-state index contributed by atoms with van der Waals surface area (Å²) in [6.45, 7) is 2.65. The summed E-state index contributed by atoms with van der Waals surface area (Å²) in [5, 5.41) is 14.5. The molecular formula is C22H19N7O2S. The van der Waals surface area contributed by atoms with Crippen LogP contribution in [0.5, 0.6) is 5.75 Å². The van der Waals surface area contributed by atoms with Gasteiger partial charge in [0, 0.05) is 6.54 Å². The molecule has 0 spiro atoms. The Kier molecular flexibility index (Phi) is 5.20. The van der Waals surface area contributed by atoms with E-state index in [1.54, 1.807) is 11.8 Å². The molecule has 1 N–H and O–H groups in total. The number of aromatic amines is 1. The third kappa shape index (κ3) is 3.44. The van der Waals surface area contributed by atoms with Crippen LogP contribution in [0.2, 0.25) is 0 Å². The summed E-state index contributed by atoms with van der Waals surface area (Å²) in [7, 11) is 1.63. The molecule has 0 amide bonds.